The molecule has 1 amide bonds. The normalized spacial score (nSPS) is 19.0. The number of anilines is 2. The second-order valence-electron chi connectivity index (χ2n) is 6.18. The van der Waals surface area contributed by atoms with Gasteiger partial charge in [-0.05, 0) is 39.5 Å². The van der Waals surface area contributed by atoms with E-state index in [1.807, 2.05) is 5.38 Å². The van der Waals surface area contributed by atoms with E-state index < -0.39 is 24.2 Å². The highest BCUT2D eigenvalue weighted by Gasteiger charge is 2.47. The van der Waals surface area contributed by atoms with Gasteiger partial charge in [-0.25, -0.2) is 9.67 Å². The standard InChI is InChI=1S/C17H13BrF3N5OS/c18-9-3-4-14(22-8-9)24-16(27)11-7-15-23-10(12-2-1-5-28-12)6-13(17(19,20)21)26(15)25-11/h1-5,7-8,10,13,23H,6H2,(H,22,24,27)/t10-,13+/m0/s1. The Hall–Kier alpha value is -2.40. The number of thiophene rings is 1. The third kappa shape index (κ3) is 3.76. The van der Waals surface area contributed by atoms with Crippen molar-refractivity contribution in [3.63, 3.8) is 0 Å². The molecule has 3 aromatic rings. The Labute approximate surface area is 169 Å². The summed E-state index contributed by atoms with van der Waals surface area (Å²) in [7, 11) is 0. The highest BCUT2D eigenvalue weighted by Crippen LogP contribution is 2.44. The van der Waals surface area contributed by atoms with E-state index in [0.717, 1.165) is 14.0 Å². The number of pyridine rings is 1. The van der Waals surface area contributed by atoms with Gasteiger partial charge in [-0.2, -0.15) is 18.3 Å². The fraction of sp³-hybridized carbons (Fsp3) is 0.235. The van der Waals surface area contributed by atoms with Gasteiger partial charge in [0.05, 0.1) is 6.04 Å². The minimum absolute atomic E-state index is 0.117. The number of halogens is 4. The molecule has 0 saturated carbocycles. The van der Waals surface area contributed by atoms with Crippen LogP contribution in [0, 0.1) is 0 Å². The number of hydrogen-bond acceptors (Lipinski definition) is 5. The molecule has 1 aliphatic rings. The third-order valence-electron chi connectivity index (χ3n) is 4.28. The Morgan fingerprint density at radius 2 is 2.18 bits per heavy atom. The Bertz CT molecular complexity index is 987. The highest BCUT2D eigenvalue weighted by atomic mass is 79.9. The van der Waals surface area contributed by atoms with Crippen LogP contribution in [0.15, 0.2) is 46.4 Å². The molecule has 1 aliphatic heterocycles. The monoisotopic (exact) mass is 471 g/mol. The van der Waals surface area contributed by atoms with Gasteiger partial charge in [0, 0.05) is 28.0 Å². The number of hydrogen-bond donors (Lipinski definition) is 2. The SMILES string of the molecule is O=C(Nc1ccc(Br)cn1)c1cc2n(n1)[C@@H](C(F)(F)F)C[C@@H](c1cccs1)N2. The third-order valence-corrected chi connectivity index (χ3v) is 5.73. The van der Waals surface area contributed by atoms with Crippen LogP contribution in [0.25, 0.3) is 0 Å². The lowest BCUT2D eigenvalue weighted by molar-refractivity contribution is -0.173. The van der Waals surface area contributed by atoms with E-state index in [-0.39, 0.29) is 23.8 Å². The zero-order chi connectivity index (χ0) is 19.9. The predicted octanol–water partition coefficient (Wildman–Crippen LogP) is 5.01. The molecular formula is C17H13BrF3N5OS. The molecule has 6 nitrogen and oxygen atoms in total. The molecule has 0 aliphatic carbocycles. The smallest absolute Gasteiger partial charge is 0.363 e. The largest absolute Gasteiger partial charge is 0.410 e. The van der Waals surface area contributed by atoms with Gasteiger partial charge >= 0.3 is 6.18 Å². The van der Waals surface area contributed by atoms with Crippen molar-refractivity contribution in [3.8, 4) is 0 Å². The Morgan fingerprint density at radius 3 is 2.82 bits per heavy atom. The number of fused-ring (bicyclic) bond motifs is 1. The topological polar surface area (TPSA) is 71.8 Å². The van der Waals surface area contributed by atoms with Gasteiger partial charge in [-0.15, -0.1) is 11.3 Å². The van der Waals surface area contributed by atoms with E-state index in [2.05, 4.69) is 36.6 Å². The molecule has 0 saturated heterocycles. The molecule has 2 atom stereocenters. The second-order valence-corrected chi connectivity index (χ2v) is 8.08. The fourth-order valence-corrected chi connectivity index (χ4v) is 4.02. The maximum absolute atomic E-state index is 13.6. The van der Waals surface area contributed by atoms with Crippen molar-refractivity contribution < 1.29 is 18.0 Å². The van der Waals surface area contributed by atoms with E-state index >= 15 is 0 Å². The van der Waals surface area contributed by atoms with Crippen molar-refractivity contribution in [3.05, 3.63) is 57.0 Å². The van der Waals surface area contributed by atoms with Gasteiger partial charge in [0.25, 0.3) is 5.91 Å². The summed E-state index contributed by atoms with van der Waals surface area (Å²) >= 11 is 4.62. The molecule has 11 heteroatoms. The van der Waals surface area contributed by atoms with Gasteiger partial charge in [-0.3, -0.25) is 4.79 Å². The van der Waals surface area contributed by atoms with Crippen molar-refractivity contribution in [1.82, 2.24) is 14.8 Å². The van der Waals surface area contributed by atoms with Gasteiger partial charge in [-0.1, -0.05) is 6.07 Å². The summed E-state index contributed by atoms with van der Waals surface area (Å²) in [5.74, 6) is -0.205. The summed E-state index contributed by atoms with van der Waals surface area (Å²) in [5.41, 5.74) is -0.117. The molecule has 0 spiro atoms. The van der Waals surface area contributed by atoms with Crippen molar-refractivity contribution >= 4 is 44.8 Å². The average molecular weight is 472 g/mol. The molecule has 0 bridgehead atoms. The molecule has 0 fully saturated rings. The molecule has 3 aromatic heterocycles. The van der Waals surface area contributed by atoms with Gasteiger partial charge in [0.2, 0.25) is 0 Å². The van der Waals surface area contributed by atoms with Crippen LogP contribution < -0.4 is 10.6 Å². The summed E-state index contributed by atoms with van der Waals surface area (Å²) in [4.78, 5) is 17.3. The first kappa shape index (κ1) is 18.9. The average Bonchev–Trinajstić information content (AvgIpc) is 3.31. The summed E-state index contributed by atoms with van der Waals surface area (Å²) in [5, 5.41) is 11.3. The maximum Gasteiger partial charge on any atom is 0.410 e. The predicted molar refractivity (Wildman–Crippen MR) is 103 cm³/mol. The fourth-order valence-electron chi connectivity index (χ4n) is 2.99. The Balaban J connectivity index is 1.63. The molecule has 2 N–H and O–H groups in total. The van der Waals surface area contributed by atoms with E-state index in [0.29, 0.717) is 0 Å². The number of nitrogens with one attached hydrogen (secondary N) is 2. The van der Waals surface area contributed by atoms with Gasteiger partial charge in [0.15, 0.2) is 11.7 Å². The van der Waals surface area contributed by atoms with E-state index in [4.69, 9.17) is 0 Å². The second kappa shape index (κ2) is 7.21. The first-order valence-corrected chi connectivity index (χ1v) is 9.87. The minimum Gasteiger partial charge on any atom is -0.363 e. The number of rotatable bonds is 3. The number of aromatic nitrogens is 3. The molecule has 0 aromatic carbocycles. The molecule has 146 valence electrons. The minimum atomic E-state index is -4.49. The summed E-state index contributed by atoms with van der Waals surface area (Å²) in [6.07, 6.45) is -3.19. The van der Waals surface area contributed by atoms with Crippen molar-refractivity contribution in [1.29, 1.82) is 0 Å². The number of alkyl halides is 3. The van der Waals surface area contributed by atoms with Crippen LogP contribution in [0.5, 0.6) is 0 Å². The number of carbonyl (C=O) groups excluding carboxylic acids is 1. The number of nitrogens with zero attached hydrogens (tertiary/aromatic N) is 3. The maximum atomic E-state index is 13.6. The first-order valence-electron chi connectivity index (χ1n) is 8.20. The molecule has 28 heavy (non-hydrogen) atoms. The van der Waals surface area contributed by atoms with Crippen molar-refractivity contribution in [2.24, 2.45) is 0 Å². The van der Waals surface area contributed by atoms with Crippen molar-refractivity contribution in [2.75, 3.05) is 10.6 Å². The van der Waals surface area contributed by atoms with Gasteiger partial charge in [0.1, 0.15) is 11.6 Å². The molecule has 4 heterocycles. The summed E-state index contributed by atoms with van der Waals surface area (Å²) in [6, 6.07) is 5.85. The van der Waals surface area contributed by atoms with E-state index in [9.17, 15) is 18.0 Å². The molecule has 4 rings (SSSR count). The molecular weight excluding hydrogens is 459 g/mol. The lowest BCUT2D eigenvalue weighted by atomic mass is 10.0. The molecule has 0 radical (unpaired) electrons. The summed E-state index contributed by atoms with van der Waals surface area (Å²) in [6.45, 7) is 0. The summed E-state index contributed by atoms with van der Waals surface area (Å²) < 4.78 is 42.5. The van der Waals surface area contributed by atoms with Crippen LogP contribution in [0.1, 0.15) is 33.9 Å². The van der Waals surface area contributed by atoms with E-state index in [1.165, 1.54) is 23.6 Å². The van der Waals surface area contributed by atoms with Crippen LogP contribution >= 0.6 is 27.3 Å². The van der Waals surface area contributed by atoms with E-state index in [1.54, 1.807) is 24.3 Å². The van der Waals surface area contributed by atoms with Crippen LogP contribution in [-0.4, -0.2) is 26.8 Å². The van der Waals surface area contributed by atoms with Gasteiger partial charge < -0.3 is 10.6 Å². The lowest BCUT2D eigenvalue weighted by Gasteiger charge is -2.32. The van der Waals surface area contributed by atoms with Crippen molar-refractivity contribution in [2.45, 2.75) is 24.7 Å². The van der Waals surface area contributed by atoms with Crippen LogP contribution in [0.4, 0.5) is 24.8 Å². The van der Waals surface area contributed by atoms with Crippen LogP contribution in [0.3, 0.4) is 0 Å². The number of amides is 1. The quantitative estimate of drug-likeness (QED) is 0.562. The highest BCUT2D eigenvalue weighted by molar-refractivity contribution is 9.10. The Morgan fingerprint density at radius 1 is 1.36 bits per heavy atom. The lowest BCUT2D eigenvalue weighted by Crippen LogP contribution is -2.35. The Kier molecular flexibility index (Phi) is 4.88. The zero-order valence-corrected chi connectivity index (χ0v) is 16.5. The van der Waals surface area contributed by atoms with Crippen LogP contribution in [0.2, 0.25) is 0 Å². The molecule has 0 unspecified atom stereocenters. The zero-order valence-electron chi connectivity index (χ0n) is 14.1. The first-order chi connectivity index (χ1) is 13.3. The number of carbonyl (C=O) groups is 1. The van der Waals surface area contributed by atoms with Crippen LogP contribution in [-0.2, 0) is 0 Å².